The number of amides is 2. The van der Waals surface area contributed by atoms with Crippen molar-refractivity contribution in [3.8, 4) is 0 Å². The Morgan fingerprint density at radius 2 is 2.06 bits per heavy atom. The summed E-state index contributed by atoms with van der Waals surface area (Å²) in [4.78, 5) is 24.3. The number of nitrogens with two attached hydrogens (primary N) is 2. The SMILES string of the molecule is NC(=O)C(N)CN1C(=O)CCc2ccccc21. The van der Waals surface area contributed by atoms with Crippen LogP contribution in [0.1, 0.15) is 12.0 Å². The van der Waals surface area contributed by atoms with Gasteiger partial charge in [-0.3, -0.25) is 9.59 Å². The third kappa shape index (κ3) is 2.29. The molecule has 0 radical (unpaired) electrons. The van der Waals surface area contributed by atoms with Gasteiger partial charge in [0.25, 0.3) is 0 Å². The summed E-state index contributed by atoms with van der Waals surface area (Å²) >= 11 is 0. The van der Waals surface area contributed by atoms with Crippen molar-refractivity contribution >= 4 is 17.5 Å². The third-order valence-electron chi connectivity index (χ3n) is 2.94. The zero-order valence-electron chi connectivity index (χ0n) is 9.43. The fourth-order valence-corrected chi connectivity index (χ4v) is 1.98. The number of hydrogen-bond donors (Lipinski definition) is 2. The van der Waals surface area contributed by atoms with E-state index in [4.69, 9.17) is 11.5 Å². The van der Waals surface area contributed by atoms with Gasteiger partial charge in [-0.15, -0.1) is 0 Å². The number of rotatable bonds is 3. The van der Waals surface area contributed by atoms with E-state index in [1.54, 1.807) is 4.90 Å². The van der Waals surface area contributed by atoms with Crippen LogP contribution in [0.5, 0.6) is 0 Å². The second kappa shape index (κ2) is 4.55. The number of anilines is 1. The van der Waals surface area contributed by atoms with Crippen molar-refractivity contribution in [1.82, 2.24) is 0 Å². The van der Waals surface area contributed by atoms with Crippen molar-refractivity contribution in [3.05, 3.63) is 29.8 Å². The molecular weight excluding hydrogens is 218 g/mol. The molecular formula is C12H15N3O2. The Kier molecular flexibility index (Phi) is 3.10. The minimum absolute atomic E-state index is 0.0135. The average molecular weight is 233 g/mol. The van der Waals surface area contributed by atoms with Gasteiger partial charge in [0.15, 0.2) is 0 Å². The number of fused-ring (bicyclic) bond motifs is 1. The summed E-state index contributed by atoms with van der Waals surface area (Å²) in [5, 5.41) is 0. The highest BCUT2D eigenvalue weighted by Crippen LogP contribution is 2.27. The maximum Gasteiger partial charge on any atom is 0.236 e. The van der Waals surface area contributed by atoms with Crippen LogP contribution >= 0.6 is 0 Å². The van der Waals surface area contributed by atoms with Crippen LogP contribution in [0.3, 0.4) is 0 Å². The van der Waals surface area contributed by atoms with Crippen LogP contribution in [-0.4, -0.2) is 24.4 Å². The van der Waals surface area contributed by atoms with E-state index in [-0.39, 0.29) is 12.5 Å². The molecule has 0 fully saturated rings. The van der Waals surface area contributed by atoms with Gasteiger partial charge in [-0.2, -0.15) is 0 Å². The normalized spacial score (nSPS) is 16.5. The number of benzene rings is 1. The predicted octanol–water partition coefficient (Wildman–Crippen LogP) is -0.222. The Balaban J connectivity index is 2.27. The lowest BCUT2D eigenvalue weighted by Crippen LogP contribution is -2.49. The Hall–Kier alpha value is -1.88. The molecule has 1 aromatic carbocycles. The molecule has 4 N–H and O–H groups in total. The smallest absolute Gasteiger partial charge is 0.236 e. The minimum Gasteiger partial charge on any atom is -0.368 e. The zero-order chi connectivity index (χ0) is 12.4. The number of hydrogen-bond acceptors (Lipinski definition) is 3. The Morgan fingerprint density at radius 3 is 2.76 bits per heavy atom. The molecule has 5 heteroatoms. The molecule has 0 aliphatic carbocycles. The number of aryl methyl sites for hydroxylation is 1. The summed E-state index contributed by atoms with van der Waals surface area (Å²) in [5.41, 5.74) is 12.6. The van der Waals surface area contributed by atoms with Crippen molar-refractivity contribution in [3.63, 3.8) is 0 Å². The number of para-hydroxylation sites is 1. The lowest BCUT2D eigenvalue weighted by Gasteiger charge is -2.30. The average Bonchev–Trinajstić information content (AvgIpc) is 2.32. The maximum atomic E-state index is 11.8. The van der Waals surface area contributed by atoms with E-state index in [1.165, 1.54) is 0 Å². The van der Waals surface area contributed by atoms with E-state index in [0.29, 0.717) is 6.42 Å². The molecule has 1 unspecified atom stereocenters. The molecule has 1 aliphatic rings. The van der Waals surface area contributed by atoms with Gasteiger partial charge < -0.3 is 16.4 Å². The van der Waals surface area contributed by atoms with Crippen LogP contribution in [0.4, 0.5) is 5.69 Å². The van der Waals surface area contributed by atoms with E-state index >= 15 is 0 Å². The first-order chi connectivity index (χ1) is 8.09. The molecule has 1 aromatic rings. The predicted molar refractivity (Wildman–Crippen MR) is 64.3 cm³/mol. The fourth-order valence-electron chi connectivity index (χ4n) is 1.98. The summed E-state index contributed by atoms with van der Waals surface area (Å²) < 4.78 is 0. The van der Waals surface area contributed by atoms with Crippen LogP contribution in [0.2, 0.25) is 0 Å². The maximum absolute atomic E-state index is 11.8. The molecule has 2 amide bonds. The van der Waals surface area contributed by atoms with E-state index in [0.717, 1.165) is 17.7 Å². The Bertz CT molecular complexity index is 459. The number of primary amides is 1. The standard InChI is InChI=1S/C12H15N3O2/c13-9(12(14)17)7-15-10-4-2-1-3-8(10)5-6-11(15)16/h1-4,9H,5-7,13H2,(H2,14,17). The molecule has 0 saturated heterocycles. The molecule has 2 rings (SSSR count). The quantitative estimate of drug-likeness (QED) is 0.756. The van der Waals surface area contributed by atoms with Gasteiger partial charge in [-0.05, 0) is 18.1 Å². The van der Waals surface area contributed by atoms with E-state index < -0.39 is 11.9 Å². The van der Waals surface area contributed by atoms with Crippen molar-refractivity contribution < 1.29 is 9.59 Å². The minimum atomic E-state index is -0.829. The molecule has 1 atom stereocenters. The van der Waals surface area contributed by atoms with E-state index in [9.17, 15) is 9.59 Å². The molecule has 0 spiro atoms. The topological polar surface area (TPSA) is 89.4 Å². The molecule has 17 heavy (non-hydrogen) atoms. The summed E-state index contributed by atoms with van der Waals surface area (Å²) in [6.45, 7) is 0.144. The number of nitrogens with zero attached hydrogens (tertiary/aromatic N) is 1. The number of carbonyl (C=O) groups is 2. The number of carbonyl (C=O) groups excluding carboxylic acids is 2. The monoisotopic (exact) mass is 233 g/mol. The van der Waals surface area contributed by atoms with Crippen LogP contribution in [0, 0.1) is 0 Å². The lowest BCUT2D eigenvalue weighted by atomic mass is 10.0. The Morgan fingerprint density at radius 1 is 1.35 bits per heavy atom. The highest BCUT2D eigenvalue weighted by Gasteiger charge is 2.26. The molecule has 0 saturated carbocycles. The summed E-state index contributed by atoms with van der Waals surface area (Å²) in [7, 11) is 0. The lowest BCUT2D eigenvalue weighted by molar-refractivity contribution is -0.120. The largest absolute Gasteiger partial charge is 0.368 e. The van der Waals surface area contributed by atoms with Crippen molar-refractivity contribution in [2.24, 2.45) is 11.5 Å². The van der Waals surface area contributed by atoms with Gasteiger partial charge in [0.05, 0.1) is 6.54 Å². The second-order valence-electron chi connectivity index (χ2n) is 4.14. The molecule has 0 aromatic heterocycles. The summed E-state index contributed by atoms with van der Waals surface area (Å²) in [5.74, 6) is -0.610. The highest BCUT2D eigenvalue weighted by molar-refractivity contribution is 5.97. The second-order valence-corrected chi connectivity index (χ2v) is 4.14. The molecule has 90 valence electrons. The van der Waals surface area contributed by atoms with Crippen LogP contribution in [0.25, 0.3) is 0 Å². The van der Waals surface area contributed by atoms with Crippen molar-refractivity contribution in [2.75, 3.05) is 11.4 Å². The third-order valence-corrected chi connectivity index (χ3v) is 2.94. The zero-order valence-corrected chi connectivity index (χ0v) is 9.43. The van der Waals surface area contributed by atoms with Gasteiger partial charge >= 0.3 is 0 Å². The van der Waals surface area contributed by atoms with E-state index in [2.05, 4.69) is 0 Å². The summed E-state index contributed by atoms with van der Waals surface area (Å²) in [6.07, 6.45) is 1.18. The summed E-state index contributed by atoms with van der Waals surface area (Å²) in [6, 6.07) is 6.80. The first-order valence-corrected chi connectivity index (χ1v) is 5.53. The fraction of sp³-hybridized carbons (Fsp3) is 0.333. The van der Waals surface area contributed by atoms with Gasteiger partial charge in [-0.25, -0.2) is 0 Å². The highest BCUT2D eigenvalue weighted by atomic mass is 16.2. The molecule has 0 bridgehead atoms. The van der Waals surface area contributed by atoms with Gasteiger partial charge in [0, 0.05) is 12.1 Å². The first kappa shape index (κ1) is 11.6. The van der Waals surface area contributed by atoms with Gasteiger partial charge in [0.1, 0.15) is 6.04 Å². The Labute approximate surface area is 99.4 Å². The van der Waals surface area contributed by atoms with Gasteiger partial charge in [-0.1, -0.05) is 18.2 Å². The first-order valence-electron chi connectivity index (χ1n) is 5.53. The molecule has 1 heterocycles. The van der Waals surface area contributed by atoms with Gasteiger partial charge in [0.2, 0.25) is 11.8 Å². The molecule has 5 nitrogen and oxygen atoms in total. The molecule has 1 aliphatic heterocycles. The van der Waals surface area contributed by atoms with Crippen molar-refractivity contribution in [2.45, 2.75) is 18.9 Å². The van der Waals surface area contributed by atoms with Crippen LogP contribution in [-0.2, 0) is 16.0 Å². The van der Waals surface area contributed by atoms with Crippen LogP contribution < -0.4 is 16.4 Å². The van der Waals surface area contributed by atoms with Crippen LogP contribution in [0.15, 0.2) is 24.3 Å². The van der Waals surface area contributed by atoms with E-state index in [1.807, 2.05) is 24.3 Å². The van der Waals surface area contributed by atoms with Crippen molar-refractivity contribution in [1.29, 1.82) is 0 Å².